The minimum atomic E-state index is -1.44. The molecule has 1 aromatic heterocycles. The van der Waals surface area contributed by atoms with E-state index in [-0.39, 0.29) is 11.6 Å². The number of carboxylic acids is 1. The van der Waals surface area contributed by atoms with Gasteiger partial charge in [0.05, 0.1) is 0 Å². The fraction of sp³-hybridized carbons (Fsp3) is 0.0714. The third kappa shape index (κ3) is 3.61. The first kappa shape index (κ1) is 13.7. The van der Waals surface area contributed by atoms with Crippen LogP contribution in [0.5, 0.6) is 0 Å². The molecule has 0 aliphatic heterocycles. The third-order valence-electron chi connectivity index (χ3n) is 2.53. The van der Waals surface area contributed by atoms with E-state index < -0.39 is 11.7 Å². The first-order valence-corrected chi connectivity index (χ1v) is 5.74. The highest BCUT2D eigenvalue weighted by atomic mass is 19.1. The summed E-state index contributed by atoms with van der Waals surface area (Å²) in [7, 11) is 0. The van der Waals surface area contributed by atoms with Crippen LogP contribution in [0.4, 0.5) is 4.39 Å². The molecule has 0 radical (unpaired) electrons. The number of hydrogen-bond donors (Lipinski definition) is 2. The average molecular weight is 274 g/mol. The summed E-state index contributed by atoms with van der Waals surface area (Å²) in [6, 6.07) is 6.08. The Hall–Kier alpha value is -2.76. The summed E-state index contributed by atoms with van der Waals surface area (Å²) in [4.78, 5) is 18.3. The van der Waals surface area contributed by atoms with Crippen molar-refractivity contribution in [2.75, 3.05) is 0 Å². The van der Waals surface area contributed by atoms with Crippen molar-refractivity contribution in [1.29, 1.82) is 0 Å². The summed E-state index contributed by atoms with van der Waals surface area (Å²) >= 11 is 0. The molecule has 1 aromatic carbocycles. The molecule has 0 amide bonds. The molecular formula is C14H11FN2O3. The fourth-order valence-corrected chi connectivity index (χ4v) is 1.55. The second kappa shape index (κ2) is 5.92. The molecule has 0 spiro atoms. The maximum Gasteiger partial charge on any atom is 0.371 e. The number of nitrogens with zero attached hydrogens (tertiary/aromatic N) is 2. The van der Waals surface area contributed by atoms with Crippen LogP contribution in [0.3, 0.4) is 0 Å². The normalized spacial score (nSPS) is 11.3. The second-order valence-electron chi connectivity index (χ2n) is 4.09. The first-order chi connectivity index (χ1) is 9.54. The quantitative estimate of drug-likeness (QED) is 0.659. The Bertz CT molecular complexity index is 636. The Labute approximate surface area is 114 Å². The third-order valence-corrected chi connectivity index (χ3v) is 2.53. The smallest absolute Gasteiger partial charge is 0.371 e. The summed E-state index contributed by atoms with van der Waals surface area (Å²) in [5.41, 5.74) is 1.70. The van der Waals surface area contributed by atoms with E-state index >= 15 is 0 Å². The SMILES string of the molecule is O=C(O)C(O)=Cc1ncc(Cc2ccc(F)cc2)cn1. The Morgan fingerprint density at radius 1 is 1.10 bits per heavy atom. The molecule has 6 heteroatoms. The van der Waals surface area contributed by atoms with Gasteiger partial charge in [-0.1, -0.05) is 12.1 Å². The summed E-state index contributed by atoms with van der Waals surface area (Å²) in [6.45, 7) is 0. The standard InChI is InChI=1S/C14H11FN2O3/c15-11-3-1-9(2-4-11)5-10-7-16-13(17-8-10)6-12(18)14(19)20/h1-4,6-8,18H,5H2,(H,19,20). The summed E-state index contributed by atoms with van der Waals surface area (Å²) in [6.07, 6.45) is 4.55. The Morgan fingerprint density at radius 3 is 2.25 bits per heavy atom. The number of hydrogen-bond acceptors (Lipinski definition) is 4. The lowest BCUT2D eigenvalue weighted by molar-refractivity contribution is -0.135. The van der Waals surface area contributed by atoms with E-state index in [9.17, 15) is 9.18 Å². The molecule has 0 aliphatic carbocycles. The van der Waals surface area contributed by atoms with Crippen LogP contribution < -0.4 is 0 Å². The zero-order valence-electron chi connectivity index (χ0n) is 10.3. The molecule has 2 N–H and O–H groups in total. The van der Waals surface area contributed by atoms with Gasteiger partial charge in [0.1, 0.15) is 5.82 Å². The zero-order valence-corrected chi connectivity index (χ0v) is 10.3. The van der Waals surface area contributed by atoms with Gasteiger partial charge in [-0.15, -0.1) is 0 Å². The van der Waals surface area contributed by atoms with Crippen molar-refractivity contribution in [3.8, 4) is 0 Å². The number of carboxylic acid groups (broad SMARTS) is 1. The number of aliphatic hydroxyl groups excluding tert-OH is 1. The minimum Gasteiger partial charge on any atom is -0.502 e. The van der Waals surface area contributed by atoms with Crippen molar-refractivity contribution in [2.45, 2.75) is 6.42 Å². The number of aromatic nitrogens is 2. The topological polar surface area (TPSA) is 83.3 Å². The predicted molar refractivity (Wildman–Crippen MR) is 69.5 cm³/mol. The molecule has 2 aromatic rings. The lowest BCUT2D eigenvalue weighted by atomic mass is 10.1. The maximum atomic E-state index is 12.8. The number of carbonyl (C=O) groups is 1. The van der Waals surface area contributed by atoms with Gasteiger partial charge in [0.2, 0.25) is 5.76 Å². The fourth-order valence-electron chi connectivity index (χ4n) is 1.55. The first-order valence-electron chi connectivity index (χ1n) is 5.74. The van der Waals surface area contributed by atoms with E-state index in [1.54, 1.807) is 12.1 Å². The van der Waals surface area contributed by atoms with Gasteiger partial charge < -0.3 is 10.2 Å². The molecule has 20 heavy (non-hydrogen) atoms. The Morgan fingerprint density at radius 2 is 1.70 bits per heavy atom. The maximum absolute atomic E-state index is 12.8. The van der Waals surface area contributed by atoms with E-state index in [0.717, 1.165) is 17.2 Å². The molecule has 102 valence electrons. The van der Waals surface area contributed by atoms with E-state index in [1.165, 1.54) is 24.5 Å². The molecule has 0 aliphatic rings. The van der Waals surface area contributed by atoms with Crippen LogP contribution in [0.2, 0.25) is 0 Å². The number of aliphatic hydroxyl groups is 1. The lowest BCUT2D eigenvalue weighted by Crippen LogP contribution is -2.00. The van der Waals surface area contributed by atoms with E-state index in [0.29, 0.717) is 6.42 Å². The van der Waals surface area contributed by atoms with Gasteiger partial charge in [0.15, 0.2) is 5.82 Å². The summed E-state index contributed by atoms with van der Waals surface area (Å²) in [5, 5.41) is 17.6. The average Bonchev–Trinajstić information content (AvgIpc) is 2.43. The van der Waals surface area contributed by atoms with Crippen molar-refractivity contribution in [1.82, 2.24) is 9.97 Å². The summed E-state index contributed by atoms with van der Waals surface area (Å²) < 4.78 is 12.8. The molecule has 0 saturated heterocycles. The van der Waals surface area contributed by atoms with Crippen molar-refractivity contribution < 1.29 is 19.4 Å². The van der Waals surface area contributed by atoms with Gasteiger partial charge in [-0.2, -0.15) is 0 Å². The van der Waals surface area contributed by atoms with Crippen LogP contribution in [-0.4, -0.2) is 26.2 Å². The summed E-state index contributed by atoms with van der Waals surface area (Å²) in [5.74, 6) is -2.46. The molecule has 5 nitrogen and oxygen atoms in total. The second-order valence-corrected chi connectivity index (χ2v) is 4.09. The van der Waals surface area contributed by atoms with E-state index in [4.69, 9.17) is 10.2 Å². The van der Waals surface area contributed by atoms with Gasteiger partial charge in [-0.05, 0) is 23.3 Å². The van der Waals surface area contributed by atoms with Crippen LogP contribution in [0, 0.1) is 5.82 Å². The molecule has 1 heterocycles. The number of rotatable bonds is 4. The van der Waals surface area contributed by atoms with Crippen LogP contribution >= 0.6 is 0 Å². The highest BCUT2D eigenvalue weighted by Crippen LogP contribution is 2.09. The number of benzene rings is 1. The number of halogens is 1. The zero-order chi connectivity index (χ0) is 14.5. The monoisotopic (exact) mass is 274 g/mol. The van der Waals surface area contributed by atoms with Crippen LogP contribution in [0.25, 0.3) is 6.08 Å². The van der Waals surface area contributed by atoms with Gasteiger partial charge in [0, 0.05) is 24.9 Å². The highest BCUT2D eigenvalue weighted by molar-refractivity contribution is 5.88. The number of aliphatic carboxylic acids is 1. The van der Waals surface area contributed by atoms with Gasteiger partial charge in [-0.3, -0.25) is 0 Å². The minimum absolute atomic E-state index is 0.104. The van der Waals surface area contributed by atoms with E-state index in [2.05, 4.69) is 9.97 Å². The van der Waals surface area contributed by atoms with Gasteiger partial charge in [-0.25, -0.2) is 19.2 Å². The molecule has 0 unspecified atom stereocenters. The van der Waals surface area contributed by atoms with Crippen molar-refractivity contribution >= 4 is 12.0 Å². The molecule has 0 atom stereocenters. The van der Waals surface area contributed by atoms with Crippen molar-refractivity contribution in [2.24, 2.45) is 0 Å². The van der Waals surface area contributed by atoms with Gasteiger partial charge in [0.25, 0.3) is 0 Å². The van der Waals surface area contributed by atoms with E-state index in [1.807, 2.05) is 0 Å². The van der Waals surface area contributed by atoms with Gasteiger partial charge >= 0.3 is 5.97 Å². The van der Waals surface area contributed by atoms with Crippen molar-refractivity contribution in [3.63, 3.8) is 0 Å². The van der Waals surface area contributed by atoms with Crippen LogP contribution in [0.15, 0.2) is 42.4 Å². The Kier molecular flexibility index (Phi) is 4.05. The molecule has 0 bridgehead atoms. The van der Waals surface area contributed by atoms with Crippen LogP contribution in [-0.2, 0) is 11.2 Å². The molecule has 0 fully saturated rings. The molecule has 2 rings (SSSR count). The largest absolute Gasteiger partial charge is 0.502 e. The highest BCUT2D eigenvalue weighted by Gasteiger charge is 2.05. The predicted octanol–water partition coefficient (Wildman–Crippen LogP) is 2.19. The van der Waals surface area contributed by atoms with Crippen LogP contribution in [0.1, 0.15) is 17.0 Å². The van der Waals surface area contributed by atoms with Crippen molar-refractivity contribution in [3.05, 3.63) is 65.2 Å². The lowest BCUT2D eigenvalue weighted by Gasteiger charge is -2.01. The molecule has 0 saturated carbocycles. The Balaban J connectivity index is 2.10. The molecular weight excluding hydrogens is 263 g/mol.